The molecule has 0 aliphatic carbocycles. The number of carboxylic acids is 1. The lowest BCUT2D eigenvalue weighted by Crippen LogP contribution is -2.35. The van der Waals surface area contributed by atoms with E-state index in [1.165, 1.54) is 24.3 Å². The normalized spacial score (nSPS) is 11.9. The molecule has 0 spiro atoms. The minimum Gasteiger partial charge on any atom is -0.480 e. The Bertz CT molecular complexity index is 443. The quantitative estimate of drug-likeness (QED) is 0.875. The van der Waals surface area contributed by atoms with E-state index in [1.807, 2.05) is 13.8 Å². The maximum absolute atomic E-state index is 12.0. The Labute approximate surface area is 114 Å². The maximum Gasteiger partial charge on any atom is 0.573 e. The summed E-state index contributed by atoms with van der Waals surface area (Å²) in [4.78, 5) is 12.4. The van der Waals surface area contributed by atoms with Crippen LogP contribution in [0.1, 0.15) is 19.4 Å². The number of hydrogen-bond acceptors (Lipinski definition) is 3. The third kappa shape index (κ3) is 5.92. The minimum absolute atomic E-state index is 0.0113. The van der Waals surface area contributed by atoms with Crippen molar-refractivity contribution in [2.75, 3.05) is 6.54 Å². The van der Waals surface area contributed by atoms with Crippen LogP contribution in [0.25, 0.3) is 0 Å². The number of hydrogen-bond donors (Lipinski definition) is 1. The molecule has 0 saturated carbocycles. The number of benzene rings is 1. The topological polar surface area (TPSA) is 49.8 Å². The lowest BCUT2D eigenvalue weighted by atomic mass is 10.2. The minimum atomic E-state index is -4.71. The summed E-state index contributed by atoms with van der Waals surface area (Å²) >= 11 is 0. The molecule has 0 atom stereocenters. The van der Waals surface area contributed by atoms with E-state index in [9.17, 15) is 18.0 Å². The zero-order valence-electron chi connectivity index (χ0n) is 11.1. The van der Waals surface area contributed by atoms with Crippen molar-refractivity contribution in [1.82, 2.24) is 4.90 Å². The maximum atomic E-state index is 12.0. The fourth-order valence-electron chi connectivity index (χ4n) is 1.63. The second-order valence-electron chi connectivity index (χ2n) is 4.58. The van der Waals surface area contributed by atoms with E-state index in [4.69, 9.17) is 5.11 Å². The van der Waals surface area contributed by atoms with Crippen LogP contribution < -0.4 is 4.74 Å². The summed E-state index contributed by atoms with van der Waals surface area (Å²) in [5, 5.41) is 8.80. The molecule has 0 aliphatic heterocycles. The van der Waals surface area contributed by atoms with Crippen molar-refractivity contribution in [2.45, 2.75) is 32.8 Å². The fourth-order valence-corrected chi connectivity index (χ4v) is 1.63. The van der Waals surface area contributed by atoms with Crippen molar-refractivity contribution < 1.29 is 27.8 Å². The Morgan fingerprint density at radius 2 is 1.85 bits per heavy atom. The Hall–Kier alpha value is -1.76. The number of carboxylic acid groups (broad SMARTS) is 1. The van der Waals surface area contributed by atoms with Gasteiger partial charge in [0.1, 0.15) is 5.75 Å². The first-order chi connectivity index (χ1) is 9.17. The van der Waals surface area contributed by atoms with Gasteiger partial charge in [0.25, 0.3) is 0 Å². The Kier molecular flexibility index (Phi) is 5.38. The SMILES string of the molecule is CC(C)N(CC(=O)O)Cc1ccc(OC(F)(F)F)cc1. The molecule has 0 amide bonds. The lowest BCUT2D eigenvalue weighted by Gasteiger charge is -2.24. The second-order valence-corrected chi connectivity index (χ2v) is 4.58. The summed E-state index contributed by atoms with van der Waals surface area (Å²) in [5.41, 5.74) is 0.717. The van der Waals surface area contributed by atoms with Gasteiger partial charge in [0.15, 0.2) is 0 Å². The lowest BCUT2D eigenvalue weighted by molar-refractivity contribution is -0.274. The van der Waals surface area contributed by atoms with Gasteiger partial charge in [-0.25, -0.2) is 0 Å². The van der Waals surface area contributed by atoms with E-state index in [-0.39, 0.29) is 18.3 Å². The first-order valence-electron chi connectivity index (χ1n) is 5.98. The van der Waals surface area contributed by atoms with E-state index >= 15 is 0 Å². The van der Waals surface area contributed by atoms with E-state index in [0.717, 1.165) is 5.56 Å². The molecule has 1 rings (SSSR count). The van der Waals surface area contributed by atoms with Crippen LogP contribution in [0.4, 0.5) is 13.2 Å². The van der Waals surface area contributed by atoms with E-state index in [1.54, 1.807) is 4.90 Å². The van der Waals surface area contributed by atoms with E-state index < -0.39 is 12.3 Å². The molecule has 0 bridgehead atoms. The van der Waals surface area contributed by atoms with Crippen molar-refractivity contribution in [3.05, 3.63) is 29.8 Å². The summed E-state index contributed by atoms with van der Waals surface area (Å²) in [6.07, 6.45) is -4.71. The van der Waals surface area contributed by atoms with Gasteiger partial charge in [-0.05, 0) is 31.5 Å². The molecule has 0 fully saturated rings. The average Bonchev–Trinajstić information content (AvgIpc) is 2.28. The van der Waals surface area contributed by atoms with Crippen LogP contribution in [0.2, 0.25) is 0 Å². The van der Waals surface area contributed by atoms with Crippen LogP contribution in [0.15, 0.2) is 24.3 Å². The molecule has 20 heavy (non-hydrogen) atoms. The predicted octanol–water partition coefficient (Wildman–Crippen LogP) is 2.88. The number of halogens is 3. The zero-order valence-corrected chi connectivity index (χ0v) is 11.1. The molecule has 0 unspecified atom stereocenters. The monoisotopic (exact) mass is 291 g/mol. The molecule has 0 aliphatic rings. The molecule has 7 heteroatoms. The van der Waals surface area contributed by atoms with Gasteiger partial charge in [0.05, 0.1) is 6.54 Å². The molecule has 0 heterocycles. The third-order valence-corrected chi connectivity index (χ3v) is 2.61. The van der Waals surface area contributed by atoms with Crippen molar-refractivity contribution in [3.8, 4) is 5.75 Å². The number of aliphatic carboxylic acids is 1. The van der Waals surface area contributed by atoms with Gasteiger partial charge < -0.3 is 9.84 Å². The van der Waals surface area contributed by atoms with Gasteiger partial charge in [-0.2, -0.15) is 0 Å². The highest BCUT2D eigenvalue weighted by Gasteiger charge is 2.30. The van der Waals surface area contributed by atoms with Crippen molar-refractivity contribution >= 4 is 5.97 Å². The number of nitrogens with zero attached hydrogens (tertiary/aromatic N) is 1. The Balaban J connectivity index is 2.70. The molecule has 0 radical (unpaired) electrons. The molecule has 112 valence electrons. The number of ether oxygens (including phenoxy) is 1. The number of rotatable bonds is 6. The second kappa shape index (κ2) is 6.60. The molecule has 4 nitrogen and oxygen atoms in total. The highest BCUT2D eigenvalue weighted by molar-refractivity contribution is 5.69. The summed E-state index contributed by atoms with van der Waals surface area (Å²) in [6, 6.07) is 5.40. The molecule has 1 aromatic rings. The summed E-state index contributed by atoms with van der Waals surface area (Å²) in [7, 11) is 0. The van der Waals surface area contributed by atoms with Crippen LogP contribution in [0.5, 0.6) is 5.75 Å². The Morgan fingerprint density at radius 3 is 2.25 bits per heavy atom. The highest BCUT2D eigenvalue weighted by Crippen LogP contribution is 2.23. The smallest absolute Gasteiger partial charge is 0.480 e. The van der Waals surface area contributed by atoms with Gasteiger partial charge in [0.2, 0.25) is 0 Å². The van der Waals surface area contributed by atoms with Gasteiger partial charge >= 0.3 is 12.3 Å². The molecule has 0 saturated heterocycles. The summed E-state index contributed by atoms with van der Waals surface area (Å²) in [6.45, 7) is 3.92. The van der Waals surface area contributed by atoms with Gasteiger partial charge in [-0.3, -0.25) is 9.69 Å². The molecular formula is C13H16F3NO3. The molecule has 1 N–H and O–H groups in total. The van der Waals surface area contributed by atoms with Crippen LogP contribution >= 0.6 is 0 Å². The number of carbonyl (C=O) groups is 1. The molecule has 0 aromatic heterocycles. The van der Waals surface area contributed by atoms with Crippen molar-refractivity contribution in [2.24, 2.45) is 0 Å². The summed E-state index contributed by atoms with van der Waals surface area (Å²) < 4.78 is 39.8. The van der Waals surface area contributed by atoms with Crippen LogP contribution in [0.3, 0.4) is 0 Å². The largest absolute Gasteiger partial charge is 0.573 e. The summed E-state index contributed by atoms with van der Waals surface area (Å²) in [5.74, 6) is -1.24. The first-order valence-corrected chi connectivity index (χ1v) is 5.98. The van der Waals surface area contributed by atoms with E-state index in [0.29, 0.717) is 6.54 Å². The fraction of sp³-hybridized carbons (Fsp3) is 0.462. The predicted molar refractivity (Wildman–Crippen MR) is 66.3 cm³/mol. The van der Waals surface area contributed by atoms with Crippen LogP contribution in [-0.4, -0.2) is 34.9 Å². The third-order valence-electron chi connectivity index (χ3n) is 2.61. The Morgan fingerprint density at radius 1 is 1.30 bits per heavy atom. The average molecular weight is 291 g/mol. The van der Waals surface area contributed by atoms with Crippen LogP contribution in [-0.2, 0) is 11.3 Å². The number of alkyl halides is 3. The molecule has 1 aromatic carbocycles. The first kappa shape index (κ1) is 16.3. The van der Waals surface area contributed by atoms with Crippen LogP contribution in [0, 0.1) is 0 Å². The van der Waals surface area contributed by atoms with Crippen molar-refractivity contribution in [1.29, 1.82) is 0 Å². The standard InChI is InChI=1S/C13H16F3NO3/c1-9(2)17(8-12(18)19)7-10-3-5-11(6-4-10)20-13(14,15)16/h3-6,9H,7-8H2,1-2H3,(H,18,19). The van der Waals surface area contributed by atoms with Gasteiger partial charge in [-0.1, -0.05) is 12.1 Å². The van der Waals surface area contributed by atoms with Gasteiger partial charge in [-0.15, -0.1) is 13.2 Å². The van der Waals surface area contributed by atoms with Gasteiger partial charge in [0, 0.05) is 12.6 Å². The highest BCUT2D eigenvalue weighted by atomic mass is 19.4. The zero-order chi connectivity index (χ0) is 15.3. The van der Waals surface area contributed by atoms with E-state index in [2.05, 4.69) is 4.74 Å². The molecular weight excluding hydrogens is 275 g/mol. The van der Waals surface area contributed by atoms with Crippen molar-refractivity contribution in [3.63, 3.8) is 0 Å².